The molecule has 1 saturated heterocycles. The summed E-state index contributed by atoms with van der Waals surface area (Å²) in [5.41, 5.74) is 2.78. The van der Waals surface area contributed by atoms with Gasteiger partial charge in [0.2, 0.25) is 0 Å². The fourth-order valence-electron chi connectivity index (χ4n) is 4.66. The van der Waals surface area contributed by atoms with E-state index in [2.05, 4.69) is 58.0 Å². The van der Waals surface area contributed by atoms with E-state index in [1.54, 1.807) is 0 Å². The molecule has 3 aromatic rings. The Labute approximate surface area is 161 Å². The third kappa shape index (κ3) is 2.57. The molecule has 0 radical (unpaired) electrons. The zero-order valence-corrected chi connectivity index (χ0v) is 16.7. The predicted molar refractivity (Wildman–Crippen MR) is 111 cm³/mol. The first-order valence-electron chi connectivity index (χ1n) is 10.2. The summed E-state index contributed by atoms with van der Waals surface area (Å²) in [4.78, 5) is 0. The Hall–Kier alpha value is -1.78. The minimum absolute atomic E-state index is 0.339. The van der Waals surface area contributed by atoms with Crippen molar-refractivity contribution >= 4 is 34.3 Å². The van der Waals surface area contributed by atoms with Gasteiger partial charge in [-0.3, -0.25) is 0 Å². The van der Waals surface area contributed by atoms with Crippen LogP contribution < -0.4 is 5.46 Å². The highest BCUT2D eigenvalue weighted by atomic mass is 16.7. The predicted octanol–water partition coefficient (Wildman–Crippen LogP) is 5.54. The summed E-state index contributed by atoms with van der Waals surface area (Å²) in [6.07, 6.45) is 7.16. The maximum absolute atomic E-state index is 6.34. The molecule has 140 valence electrons. The van der Waals surface area contributed by atoms with E-state index in [0.29, 0.717) is 5.92 Å². The van der Waals surface area contributed by atoms with E-state index >= 15 is 0 Å². The molecular formula is C23H27BO3. The van der Waals surface area contributed by atoms with Gasteiger partial charge in [0.1, 0.15) is 5.58 Å². The molecule has 4 heteroatoms. The Morgan fingerprint density at radius 3 is 2.30 bits per heavy atom. The molecule has 2 aliphatic rings. The van der Waals surface area contributed by atoms with Crippen molar-refractivity contribution in [3.05, 3.63) is 42.2 Å². The SMILES string of the molecule is CC1(C)OB(c2cccc3c2ccc2occ(C4CCCC4)c23)OC1(C)C. The molecule has 0 unspecified atom stereocenters. The molecule has 1 aliphatic carbocycles. The van der Waals surface area contributed by atoms with Crippen LogP contribution in [0.5, 0.6) is 0 Å². The molecule has 2 fully saturated rings. The van der Waals surface area contributed by atoms with E-state index in [0.717, 1.165) is 11.0 Å². The second-order valence-corrected chi connectivity index (χ2v) is 9.14. The monoisotopic (exact) mass is 362 g/mol. The quantitative estimate of drug-likeness (QED) is 0.561. The van der Waals surface area contributed by atoms with Crippen molar-refractivity contribution in [1.82, 2.24) is 0 Å². The van der Waals surface area contributed by atoms with Crippen LogP contribution >= 0.6 is 0 Å². The second kappa shape index (κ2) is 5.86. The van der Waals surface area contributed by atoms with E-state index in [4.69, 9.17) is 13.7 Å². The number of benzene rings is 2. The highest BCUT2D eigenvalue weighted by molar-refractivity contribution is 6.65. The van der Waals surface area contributed by atoms with E-state index in [9.17, 15) is 0 Å². The van der Waals surface area contributed by atoms with Gasteiger partial charge in [-0.15, -0.1) is 0 Å². The van der Waals surface area contributed by atoms with Crippen LogP contribution in [0.4, 0.5) is 0 Å². The molecule has 1 aliphatic heterocycles. The molecule has 1 saturated carbocycles. The number of fused-ring (bicyclic) bond motifs is 3. The minimum Gasteiger partial charge on any atom is -0.464 e. The van der Waals surface area contributed by atoms with E-state index in [1.165, 1.54) is 47.4 Å². The summed E-state index contributed by atoms with van der Waals surface area (Å²) in [6.45, 7) is 8.41. The molecule has 0 atom stereocenters. The molecule has 0 bridgehead atoms. The van der Waals surface area contributed by atoms with Crippen molar-refractivity contribution in [2.45, 2.75) is 70.5 Å². The highest BCUT2D eigenvalue weighted by Gasteiger charge is 2.52. The topological polar surface area (TPSA) is 31.6 Å². The zero-order valence-electron chi connectivity index (χ0n) is 16.7. The van der Waals surface area contributed by atoms with Crippen LogP contribution in [-0.2, 0) is 9.31 Å². The summed E-state index contributed by atoms with van der Waals surface area (Å²) in [5, 5.41) is 3.72. The Bertz CT molecular complexity index is 995. The van der Waals surface area contributed by atoms with Gasteiger partial charge in [-0.2, -0.15) is 0 Å². The van der Waals surface area contributed by atoms with Crippen molar-refractivity contribution in [1.29, 1.82) is 0 Å². The molecule has 1 aromatic heterocycles. The first-order chi connectivity index (χ1) is 12.9. The fraction of sp³-hybridized carbons (Fsp3) is 0.478. The van der Waals surface area contributed by atoms with E-state index in [1.807, 2.05) is 6.26 Å². The van der Waals surface area contributed by atoms with Gasteiger partial charge in [0.15, 0.2) is 0 Å². The molecule has 0 amide bonds. The number of rotatable bonds is 2. The largest absolute Gasteiger partial charge is 0.495 e. The lowest BCUT2D eigenvalue weighted by atomic mass is 9.75. The normalized spacial score (nSPS) is 22.3. The maximum atomic E-state index is 6.34. The second-order valence-electron chi connectivity index (χ2n) is 9.14. The fourth-order valence-corrected chi connectivity index (χ4v) is 4.66. The first kappa shape index (κ1) is 17.3. The third-order valence-electron chi connectivity index (χ3n) is 6.96. The molecule has 27 heavy (non-hydrogen) atoms. The van der Waals surface area contributed by atoms with Crippen LogP contribution in [0.2, 0.25) is 0 Å². The van der Waals surface area contributed by atoms with Gasteiger partial charge in [-0.25, -0.2) is 0 Å². The van der Waals surface area contributed by atoms with Gasteiger partial charge >= 0.3 is 7.12 Å². The Balaban J connectivity index is 1.68. The molecular weight excluding hydrogens is 335 g/mol. The van der Waals surface area contributed by atoms with Gasteiger partial charge < -0.3 is 13.7 Å². The smallest absolute Gasteiger partial charge is 0.464 e. The molecule has 0 N–H and O–H groups in total. The third-order valence-corrected chi connectivity index (χ3v) is 6.96. The van der Waals surface area contributed by atoms with Crippen molar-refractivity contribution in [2.75, 3.05) is 0 Å². The lowest BCUT2D eigenvalue weighted by Gasteiger charge is -2.32. The van der Waals surface area contributed by atoms with Crippen LogP contribution in [0, 0.1) is 0 Å². The van der Waals surface area contributed by atoms with E-state index < -0.39 is 0 Å². The van der Waals surface area contributed by atoms with Crippen LogP contribution in [0.1, 0.15) is 64.9 Å². The summed E-state index contributed by atoms with van der Waals surface area (Å²) in [7, 11) is -0.349. The summed E-state index contributed by atoms with van der Waals surface area (Å²) >= 11 is 0. The number of hydrogen-bond acceptors (Lipinski definition) is 3. The zero-order chi connectivity index (χ0) is 18.8. The van der Waals surface area contributed by atoms with Crippen molar-refractivity contribution < 1.29 is 13.7 Å². The van der Waals surface area contributed by atoms with Gasteiger partial charge in [-0.05, 0) is 68.8 Å². The molecule has 3 nitrogen and oxygen atoms in total. The Morgan fingerprint density at radius 2 is 1.59 bits per heavy atom. The standard InChI is InChI=1S/C23H27BO3/c1-22(2)23(3,4)27-24(26-22)19-11-7-10-17-16(19)12-13-20-21(17)18(14-25-20)15-8-5-6-9-15/h7,10-15H,5-6,8-9H2,1-4H3. The summed E-state index contributed by atoms with van der Waals surface area (Å²) < 4.78 is 18.6. The average molecular weight is 362 g/mol. The van der Waals surface area contributed by atoms with Crippen molar-refractivity contribution in [3.8, 4) is 0 Å². The van der Waals surface area contributed by atoms with Crippen molar-refractivity contribution in [2.24, 2.45) is 0 Å². The van der Waals surface area contributed by atoms with Gasteiger partial charge in [0, 0.05) is 10.9 Å². The number of hydrogen-bond donors (Lipinski definition) is 0. The van der Waals surface area contributed by atoms with Crippen LogP contribution in [0.25, 0.3) is 21.7 Å². The molecule has 2 heterocycles. The van der Waals surface area contributed by atoms with E-state index in [-0.39, 0.29) is 18.3 Å². The van der Waals surface area contributed by atoms with Gasteiger partial charge in [0.05, 0.1) is 17.5 Å². The average Bonchev–Trinajstić information content (AvgIpc) is 3.32. The Kier molecular flexibility index (Phi) is 3.76. The first-order valence-corrected chi connectivity index (χ1v) is 10.2. The lowest BCUT2D eigenvalue weighted by molar-refractivity contribution is 0.00578. The highest BCUT2D eigenvalue weighted by Crippen LogP contribution is 2.42. The Morgan fingerprint density at radius 1 is 0.889 bits per heavy atom. The number of furan rings is 1. The van der Waals surface area contributed by atoms with Gasteiger partial charge in [-0.1, -0.05) is 37.1 Å². The lowest BCUT2D eigenvalue weighted by Crippen LogP contribution is -2.41. The molecule has 2 aromatic carbocycles. The van der Waals surface area contributed by atoms with Crippen LogP contribution in [-0.4, -0.2) is 18.3 Å². The van der Waals surface area contributed by atoms with Crippen LogP contribution in [0.15, 0.2) is 41.0 Å². The maximum Gasteiger partial charge on any atom is 0.495 e. The van der Waals surface area contributed by atoms with Gasteiger partial charge in [0.25, 0.3) is 0 Å². The molecule has 5 rings (SSSR count). The van der Waals surface area contributed by atoms with Crippen molar-refractivity contribution in [3.63, 3.8) is 0 Å². The minimum atomic E-state index is -0.349. The van der Waals surface area contributed by atoms with Crippen LogP contribution in [0.3, 0.4) is 0 Å². The molecule has 0 spiro atoms. The summed E-state index contributed by atoms with van der Waals surface area (Å²) in [6, 6.07) is 10.7. The summed E-state index contributed by atoms with van der Waals surface area (Å²) in [5.74, 6) is 0.623.